The first-order valence-electron chi connectivity index (χ1n) is 9.17. The van der Waals surface area contributed by atoms with Crippen molar-refractivity contribution < 1.29 is 4.79 Å². The van der Waals surface area contributed by atoms with Gasteiger partial charge >= 0.3 is 0 Å². The minimum atomic E-state index is -0.175. The highest BCUT2D eigenvalue weighted by Gasteiger charge is 2.29. The maximum atomic E-state index is 12.8. The van der Waals surface area contributed by atoms with Crippen molar-refractivity contribution in [3.63, 3.8) is 0 Å². The Balaban J connectivity index is 1.63. The topological polar surface area (TPSA) is 78.8 Å². The summed E-state index contributed by atoms with van der Waals surface area (Å²) in [4.78, 5) is 15.0. The first-order valence-corrected chi connectivity index (χ1v) is 9.17. The van der Waals surface area contributed by atoms with Gasteiger partial charge in [0.2, 0.25) is 5.91 Å². The molecule has 0 unspecified atom stereocenters. The fourth-order valence-electron chi connectivity index (χ4n) is 3.44. The van der Waals surface area contributed by atoms with E-state index in [0.29, 0.717) is 5.92 Å². The summed E-state index contributed by atoms with van der Waals surface area (Å²) in [6.45, 7) is 8.02. The first kappa shape index (κ1) is 17.7. The second-order valence-electron chi connectivity index (χ2n) is 6.93. The van der Waals surface area contributed by atoms with E-state index in [1.807, 2.05) is 23.7 Å². The number of piperidine rings is 1. The van der Waals surface area contributed by atoms with Gasteiger partial charge in [-0.3, -0.25) is 14.8 Å². The SMILES string of the molecule is CC[C@H](C)n1nccc1NC(=O)[C@@H](C)N1CCC[C@H](c2ccn[nH]2)C1. The molecule has 2 N–H and O–H groups in total. The predicted molar refractivity (Wildman–Crippen MR) is 97.5 cm³/mol. The molecule has 3 atom stereocenters. The maximum absolute atomic E-state index is 12.8. The Morgan fingerprint density at radius 1 is 1.40 bits per heavy atom. The number of aromatic nitrogens is 4. The van der Waals surface area contributed by atoms with Crippen molar-refractivity contribution in [3.05, 3.63) is 30.2 Å². The molecule has 7 nitrogen and oxygen atoms in total. The average molecular weight is 344 g/mol. The van der Waals surface area contributed by atoms with Gasteiger partial charge in [-0.25, -0.2) is 4.68 Å². The zero-order chi connectivity index (χ0) is 17.8. The molecule has 0 aromatic carbocycles. The Kier molecular flexibility index (Phi) is 5.53. The second-order valence-corrected chi connectivity index (χ2v) is 6.93. The van der Waals surface area contributed by atoms with Crippen LogP contribution in [0.25, 0.3) is 0 Å². The molecule has 136 valence electrons. The normalized spacial score (nSPS) is 21.0. The fourth-order valence-corrected chi connectivity index (χ4v) is 3.44. The second kappa shape index (κ2) is 7.82. The third-order valence-electron chi connectivity index (χ3n) is 5.27. The molecule has 7 heteroatoms. The summed E-state index contributed by atoms with van der Waals surface area (Å²) < 4.78 is 1.88. The monoisotopic (exact) mass is 344 g/mol. The number of nitrogens with zero attached hydrogens (tertiary/aromatic N) is 4. The minimum Gasteiger partial charge on any atom is -0.310 e. The van der Waals surface area contributed by atoms with Crippen LogP contribution in [0.2, 0.25) is 0 Å². The molecule has 3 rings (SSSR count). The molecule has 0 spiro atoms. The van der Waals surface area contributed by atoms with Crippen molar-refractivity contribution in [2.45, 2.75) is 58.0 Å². The summed E-state index contributed by atoms with van der Waals surface area (Å²) in [5.41, 5.74) is 1.16. The van der Waals surface area contributed by atoms with Crippen LogP contribution in [0, 0.1) is 0 Å². The van der Waals surface area contributed by atoms with Gasteiger partial charge in [0, 0.05) is 30.4 Å². The summed E-state index contributed by atoms with van der Waals surface area (Å²) in [6, 6.07) is 3.98. The van der Waals surface area contributed by atoms with Gasteiger partial charge < -0.3 is 5.32 Å². The van der Waals surface area contributed by atoms with Gasteiger partial charge in [-0.15, -0.1) is 0 Å². The van der Waals surface area contributed by atoms with Crippen LogP contribution in [0.15, 0.2) is 24.5 Å². The van der Waals surface area contributed by atoms with Gasteiger partial charge in [-0.05, 0) is 45.7 Å². The van der Waals surface area contributed by atoms with Crippen LogP contribution in [-0.2, 0) is 4.79 Å². The van der Waals surface area contributed by atoms with Gasteiger partial charge in [0.15, 0.2) is 0 Å². The molecule has 0 bridgehead atoms. The van der Waals surface area contributed by atoms with Crippen molar-refractivity contribution in [1.29, 1.82) is 0 Å². The molecule has 25 heavy (non-hydrogen) atoms. The van der Waals surface area contributed by atoms with E-state index in [1.54, 1.807) is 12.4 Å². The number of anilines is 1. The Morgan fingerprint density at radius 3 is 2.96 bits per heavy atom. The molecule has 1 aliphatic rings. The lowest BCUT2D eigenvalue weighted by molar-refractivity contribution is -0.121. The van der Waals surface area contributed by atoms with E-state index in [9.17, 15) is 4.79 Å². The molecule has 1 amide bonds. The summed E-state index contributed by atoms with van der Waals surface area (Å²) in [5, 5.41) is 14.5. The maximum Gasteiger partial charge on any atom is 0.242 e. The van der Waals surface area contributed by atoms with Crippen molar-refractivity contribution in [3.8, 4) is 0 Å². The lowest BCUT2D eigenvalue weighted by Crippen LogP contribution is -2.46. The zero-order valence-corrected chi connectivity index (χ0v) is 15.3. The van der Waals surface area contributed by atoms with Gasteiger partial charge in [0.1, 0.15) is 5.82 Å². The fraction of sp³-hybridized carbons (Fsp3) is 0.611. The molecule has 1 saturated heterocycles. The van der Waals surface area contributed by atoms with E-state index < -0.39 is 0 Å². The molecule has 1 aliphatic heterocycles. The number of aromatic amines is 1. The highest BCUT2D eigenvalue weighted by molar-refractivity contribution is 5.93. The zero-order valence-electron chi connectivity index (χ0n) is 15.3. The molecular weight excluding hydrogens is 316 g/mol. The number of carbonyl (C=O) groups excluding carboxylic acids is 1. The third kappa shape index (κ3) is 3.92. The van der Waals surface area contributed by atoms with Gasteiger partial charge in [0.25, 0.3) is 0 Å². The summed E-state index contributed by atoms with van der Waals surface area (Å²) in [5.74, 6) is 1.21. The molecule has 1 fully saturated rings. The quantitative estimate of drug-likeness (QED) is 0.844. The summed E-state index contributed by atoms with van der Waals surface area (Å²) in [7, 11) is 0. The van der Waals surface area contributed by atoms with Crippen molar-refractivity contribution >= 4 is 11.7 Å². The summed E-state index contributed by atoms with van der Waals surface area (Å²) >= 11 is 0. The Morgan fingerprint density at radius 2 is 2.24 bits per heavy atom. The number of hydrogen-bond acceptors (Lipinski definition) is 4. The lowest BCUT2D eigenvalue weighted by Gasteiger charge is -2.35. The summed E-state index contributed by atoms with van der Waals surface area (Å²) in [6.07, 6.45) is 6.72. The molecule has 2 aromatic heterocycles. The van der Waals surface area contributed by atoms with Gasteiger partial charge in [-0.2, -0.15) is 10.2 Å². The Bertz CT molecular complexity index is 680. The molecule has 0 aliphatic carbocycles. The predicted octanol–water partition coefficient (Wildman–Crippen LogP) is 2.78. The highest BCUT2D eigenvalue weighted by atomic mass is 16.2. The van der Waals surface area contributed by atoms with E-state index in [4.69, 9.17) is 0 Å². The smallest absolute Gasteiger partial charge is 0.242 e. The number of carbonyl (C=O) groups is 1. The largest absolute Gasteiger partial charge is 0.310 e. The molecule has 0 radical (unpaired) electrons. The van der Waals surface area contributed by atoms with Gasteiger partial charge in [-0.1, -0.05) is 6.92 Å². The number of amides is 1. The van der Waals surface area contributed by atoms with Crippen molar-refractivity contribution in [2.24, 2.45) is 0 Å². The lowest BCUT2D eigenvalue weighted by atomic mass is 9.94. The third-order valence-corrected chi connectivity index (χ3v) is 5.27. The molecule has 3 heterocycles. The van der Waals surface area contributed by atoms with Gasteiger partial charge in [0.05, 0.1) is 18.3 Å². The molecule has 2 aromatic rings. The van der Waals surface area contributed by atoms with E-state index in [-0.39, 0.29) is 18.0 Å². The van der Waals surface area contributed by atoms with Crippen LogP contribution in [0.5, 0.6) is 0 Å². The van der Waals surface area contributed by atoms with Crippen LogP contribution in [0.4, 0.5) is 5.82 Å². The van der Waals surface area contributed by atoms with E-state index >= 15 is 0 Å². The minimum absolute atomic E-state index is 0.0234. The molecule has 0 saturated carbocycles. The Labute approximate surface area is 148 Å². The average Bonchev–Trinajstić information content (AvgIpc) is 3.32. The van der Waals surface area contributed by atoms with Crippen LogP contribution < -0.4 is 5.32 Å². The van der Waals surface area contributed by atoms with E-state index in [0.717, 1.165) is 43.9 Å². The van der Waals surface area contributed by atoms with Crippen LogP contribution in [0.1, 0.15) is 57.7 Å². The van der Waals surface area contributed by atoms with Crippen LogP contribution >= 0.6 is 0 Å². The number of hydrogen-bond donors (Lipinski definition) is 2. The van der Waals surface area contributed by atoms with Crippen molar-refractivity contribution in [2.75, 3.05) is 18.4 Å². The van der Waals surface area contributed by atoms with E-state index in [1.165, 1.54) is 0 Å². The standard InChI is InChI=1S/C18H28N6O/c1-4-13(2)24-17(8-10-20-24)21-18(25)14(3)23-11-5-6-15(12-23)16-7-9-19-22-16/h7-10,13-15H,4-6,11-12H2,1-3H3,(H,19,22)(H,21,25)/t13-,14+,15-/m0/s1. The van der Waals surface area contributed by atoms with Crippen LogP contribution in [0.3, 0.4) is 0 Å². The van der Waals surface area contributed by atoms with E-state index in [2.05, 4.69) is 39.4 Å². The number of nitrogens with one attached hydrogen (secondary N) is 2. The highest BCUT2D eigenvalue weighted by Crippen LogP contribution is 2.26. The Hall–Kier alpha value is -2.15. The number of likely N-dealkylation sites (tertiary alicyclic amines) is 1. The van der Waals surface area contributed by atoms with Crippen molar-refractivity contribution in [1.82, 2.24) is 24.9 Å². The number of rotatable bonds is 6. The first-order chi connectivity index (χ1) is 12.1. The number of H-pyrrole nitrogens is 1. The molecular formula is C18H28N6O. The van der Waals surface area contributed by atoms with Crippen LogP contribution in [-0.4, -0.2) is 49.9 Å².